The number of rotatable bonds is 2. The first-order chi connectivity index (χ1) is 5.04. The Bertz CT molecular complexity index is 312. The van der Waals surface area contributed by atoms with Gasteiger partial charge in [-0.3, -0.25) is 9.36 Å². The Balaban J connectivity index is 3.08. The number of hydrogen-bond acceptors (Lipinski definition) is 3. The summed E-state index contributed by atoms with van der Waals surface area (Å²) in [6.07, 6.45) is 0.559. The van der Waals surface area contributed by atoms with Crippen molar-refractivity contribution in [3.63, 3.8) is 0 Å². The average Bonchev–Trinajstić information content (AvgIpc) is 2.32. The van der Waals surface area contributed by atoms with E-state index >= 15 is 0 Å². The summed E-state index contributed by atoms with van der Waals surface area (Å²) in [5.74, 6) is 0. The molecule has 0 atom stereocenters. The number of hydrogen-bond donors (Lipinski definition) is 2. The Hall–Kier alpha value is -0.480. The second kappa shape index (κ2) is 2.87. The first-order valence-corrected chi connectivity index (χ1v) is 5.08. The molecule has 4 nitrogen and oxygen atoms in total. The molecule has 0 saturated heterocycles. The van der Waals surface area contributed by atoms with E-state index in [0.29, 0.717) is 11.2 Å². The van der Waals surface area contributed by atoms with Gasteiger partial charge in [-0.1, -0.05) is 0 Å². The lowest BCUT2D eigenvalue weighted by atomic mass is 10.5. The minimum Gasteiger partial charge on any atom is -0.320 e. The van der Waals surface area contributed by atoms with Gasteiger partial charge in [0.1, 0.15) is 4.62 Å². The van der Waals surface area contributed by atoms with Crippen molar-refractivity contribution in [3.8, 4) is 0 Å². The average molecular weight is 192 g/mol. The van der Waals surface area contributed by atoms with E-state index in [4.69, 9.17) is 9.79 Å². The first-order valence-electron chi connectivity index (χ1n) is 2.65. The lowest BCUT2D eigenvalue weighted by molar-refractivity contribution is 0.112. The summed E-state index contributed by atoms with van der Waals surface area (Å²) in [6, 6.07) is 2.64. The molecule has 0 amide bonds. The fourth-order valence-electron chi connectivity index (χ4n) is 0.562. The molecule has 2 N–H and O–H groups in total. The zero-order valence-corrected chi connectivity index (χ0v) is 7.01. The second-order valence-electron chi connectivity index (χ2n) is 1.84. The van der Waals surface area contributed by atoms with E-state index < -0.39 is 7.60 Å². The van der Waals surface area contributed by atoms with Crippen LogP contribution < -0.4 is 4.62 Å². The normalized spacial score (nSPS) is 11.5. The standard InChI is InChI=1S/C5H5O4PS/c6-3-4-1-2-5(11-4)10(7,8)9/h1-3H,(H2,7,8,9). The number of aldehydes is 1. The van der Waals surface area contributed by atoms with E-state index in [1.165, 1.54) is 12.1 Å². The Morgan fingerprint density at radius 2 is 2.09 bits per heavy atom. The minimum absolute atomic E-state index is 0.0698. The van der Waals surface area contributed by atoms with Crippen LogP contribution in [0.2, 0.25) is 0 Å². The molecule has 60 valence electrons. The second-order valence-corrected chi connectivity index (χ2v) is 4.83. The van der Waals surface area contributed by atoms with Crippen molar-refractivity contribution in [2.75, 3.05) is 0 Å². The van der Waals surface area contributed by atoms with Gasteiger partial charge in [-0.25, -0.2) is 0 Å². The summed E-state index contributed by atoms with van der Waals surface area (Å²) >= 11 is 0.809. The fraction of sp³-hybridized carbons (Fsp3) is 0. The van der Waals surface area contributed by atoms with Crippen LogP contribution in [-0.2, 0) is 4.57 Å². The van der Waals surface area contributed by atoms with Crippen molar-refractivity contribution in [2.45, 2.75) is 0 Å². The van der Waals surface area contributed by atoms with Gasteiger partial charge < -0.3 is 9.79 Å². The van der Waals surface area contributed by atoms with Crippen LogP contribution in [-0.4, -0.2) is 16.1 Å². The SMILES string of the molecule is O=Cc1ccc(P(=O)(O)O)s1. The van der Waals surface area contributed by atoms with Crippen molar-refractivity contribution in [2.24, 2.45) is 0 Å². The van der Waals surface area contributed by atoms with Gasteiger partial charge in [0.15, 0.2) is 6.29 Å². The molecule has 0 spiro atoms. The van der Waals surface area contributed by atoms with Gasteiger partial charge in [-0.2, -0.15) is 0 Å². The Morgan fingerprint density at radius 1 is 1.45 bits per heavy atom. The van der Waals surface area contributed by atoms with Gasteiger partial charge in [-0.05, 0) is 12.1 Å². The molecule has 11 heavy (non-hydrogen) atoms. The molecule has 0 aliphatic heterocycles. The number of thiophene rings is 1. The third-order valence-corrected chi connectivity index (χ3v) is 3.54. The molecule has 0 aliphatic carbocycles. The van der Waals surface area contributed by atoms with Crippen LogP contribution in [0.4, 0.5) is 0 Å². The summed E-state index contributed by atoms with van der Waals surface area (Å²) in [5.41, 5.74) is 0. The maximum Gasteiger partial charge on any atom is 0.366 e. The van der Waals surface area contributed by atoms with E-state index in [9.17, 15) is 9.36 Å². The molecule has 0 aliphatic rings. The van der Waals surface area contributed by atoms with E-state index in [0.717, 1.165) is 11.3 Å². The highest BCUT2D eigenvalue weighted by molar-refractivity contribution is 7.67. The minimum atomic E-state index is -4.15. The summed E-state index contributed by atoms with van der Waals surface area (Å²) in [5, 5.41) is 0. The molecule has 0 saturated carbocycles. The van der Waals surface area contributed by atoms with Gasteiger partial charge in [0.2, 0.25) is 0 Å². The van der Waals surface area contributed by atoms with Crippen molar-refractivity contribution in [1.29, 1.82) is 0 Å². The maximum absolute atomic E-state index is 10.6. The zero-order valence-electron chi connectivity index (χ0n) is 5.30. The van der Waals surface area contributed by atoms with Gasteiger partial charge in [-0.15, -0.1) is 11.3 Å². The molecule has 6 heteroatoms. The van der Waals surface area contributed by atoms with Crippen molar-refractivity contribution < 1.29 is 19.1 Å². The predicted molar refractivity (Wildman–Crippen MR) is 41.4 cm³/mol. The molecule has 0 aromatic carbocycles. The van der Waals surface area contributed by atoms with Crippen LogP contribution in [0, 0.1) is 0 Å². The molecular formula is C5H5O4PS. The molecule has 0 unspecified atom stereocenters. The summed E-state index contributed by atoms with van der Waals surface area (Å²) in [4.78, 5) is 27.6. The lowest BCUT2D eigenvalue weighted by Gasteiger charge is -1.96. The van der Waals surface area contributed by atoms with Crippen molar-refractivity contribution in [3.05, 3.63) is 17.0 Å². The monoisotopic (exact) mass is 192 g/mol. The van der Waals surface area contributed by atoms with Gasteiger partial charge >= 0.3 is 7.60 Å². The lowest BCUT2D eigenvalue weighted by Crippen LogP contribution is -1.95. The first kappa shape index (κ1) is 8.62. The zero-order chi connectivity index (χ0) is 8.48. The van der Waals surface area contributed by atoms with Crippen LogP contribution in [0.25, 0.3) is 0 Å². The highest BCUT2D eigenvalue weighted by Gasteiger charge is 2.18. The topological polar surface area (TPSA) is 74.6 Å². The molecule has 1 aromatic heterocycles. The van der Waals surface area contributed by atoms with E-state index in [1.54, 1.807) is 0 Å². The van der Waals surface area contributed by atoms with Crippen molar-refractivity contribution >= 4 is 29.8 Å². The van der Waals surface area contributed by atoms with Gasteiger partial charge in [0.25, 0.3) is 0 Å². The van der Waals surface area contributed by atoms with Gasteiger partial charge in [0, 0.05) is 0 Å². The van der Waals surface area contributed by atoms with Crippen molar-refractivity contribution in [1.82, 2.24) is 0 Å². The third-order valence-electron chi connectivity index (χ3n) is 1.02. The van der Waals surface area contributed by atoms with Crippen LogP contribution in [0.1, 0.15) is 9.67 Å². The molecule has 1 aromatic rings. The molecule has 1 heterocycles. The maximum atomic E-state index is 10.6. The van der Waals surface area contributed by atoms with E-state index in [2.05, 4.69) is 0 Å². The fourth-order valence-corrected chi connectivity index (χ4v) is 2.18. The molecule has 0 bridgehead atoms. The smallest absolute Gasteiger partial charge is 0.320 e. The number of carbonyl (C=O) groups is 1. The Kier molecular flexibility index (Phi) is 2.25. The molecular weight excluding hydrogens is 187 g/mol. The molecule has 0 fully saturated rings. The van der Waals surface area contributed by atoms with E-state index in [1.807, 2.05) is 0 Å². The van der Waals surface area contributed by atoms with E-state index in [-0.39, 0.29) is 4.62 Å². The van der Waals surface area contributed by atoms with Crippen LogP contribution in [0.15, 0.2) is 12.1 Å². The quantitative estimate of drug-likeness (QED) is 0.524. The largest absolute Gasteiger partial charge is 0.366 e. The summed E-state index contributed by atoms with van der Waals surface area (Å²) < 4.78 is 10.5. The predicted octanol–water partition coefficient (Wildman–Crippen LogP) is 0.364. The summed E-state index contributed by atoms with van der Waals surface area (Å²) in [6.45, 7) is 0. The van der Waals surface area contributed by atoms with Crippen LogP contribution >= 0.6 is 18.9 Å². The third kappa shape index (κ3) is 1.97. The highest BCUT2D eigenvalue weighted by Crippen LogP contribution is 2.35. The van der Waals surface area contributed by atoms with Crippen LogP contribution in [0.3, 0.4) is 0 Å². The highest BCUT2D eigenvalue weighted by atomic mass is 32.1. The molecule has 0 radical (unpaired) electrons. The molecule has 1 rings (SSSR count). The number of carbonyl (C=O) groups excluding carboxylic acids is 1. The Morgan fingerprint density at radius 3 is 2.36 bits per heavy atom. The van der Waals surface area contributed by atoms with Crippen LogP contribution in [0.5, 0.6) is 0 Å². The summed E-state index contributed by atoms with van der Waals surface area (Å²) in [7, 11) is -4.15. The van der Waals surface area contributed by atoms with Gasteiger partial charge in [0.05, 0.1) is 4.88 Å². The Labute approximate surface area is 66.6 Å².